The van der Waals surface area contributed by atoms with Crippen LogP contribution >= 0.6 is 11.8 Å². The molecule has 4 rings (SSSR count). The molecule has 0 spiro atoms. The van der Waals surface area contributed by atoms with E-state index in [1.54, 1.807) is 0 Å². The number of Topliss-reactive ketones (excluding diaryl/α,β-unsaturated/α-hetero) is 1. The summed E-state index contributed by atoms with van der Waals surface area (Å²) in [7, 11) is 0. The van der Waals surface area contributed by atoms with Gasteiger partial charge in [0.05, 0.1) is 17.3 Å². The van der Waals surface area contributed by atoms with Crippen molar-refractivity contribution in [2.45, 2.75) is 64.5 Å². The Morgan fingerprint density at radius 2 is 1.74 bits per heavy atom. The van der Waals surface area contributed by atoms with Gasteiger partial charge in [0.1, 0.15) is 23.4 Å². The minimum Gasteiger partial charge on any atom is -0.508 e. The van der Waals surface area contributed by atoms with Crippen molar-refractivity contribution in [1.82, 2.24) is 10.3 Å². The average molecular weight is 505 g/mol. The Balaban J connectivity index is 0.000000196. The molecule has 0 radical (unpaired) electrons. The van der Waals surface area contributed by atoms with Gasteiger partial charge in [-0.3, -0.25) is 9.59 Å². The zero-order valence-corrected chi connectivity index (χ0v) is 20.9. The van der Waals surface area contributed by atoms with E-state index in [2.05, 4.69) is 17.2 Å². The number of halogens is 1. The molecule has 7 nitrogen and oxygen atoms in total. The molecule has 1 saturated carbocycles. The van der Waals surface area contributed by atoms with Crippen LogP contribution in [0, 0.1) is 11.7 Å². The maximum absolute atomic E-state index is 13.0. The Labute approximate surface area is 209 Å². The predicted octanol–water partition coefficient (Wildman–Crippen LogP) is 5.10. The van der Waals surface area contributed by atoms with E-state index >= 15 is 0 Å². The molecule has 1 aliphatic carbocycles. The van der Waals surface area contributed by atoms with Gasteiger partial charge in [-0.2, -0.15) is 11.8 Å². The van der Waals surface area contributed by atoms with E-state index in [1.165, 1.54) is 31.2 Å². The third-order valence-corrected chi connectivity index (χ3v) is 7.27. The molecule has 35 heavy (non-hydrogen) atoms. The van der Waals surface area contributed by atoms with E-state index in [0.717, 1.165) is 62.1 Å². The number of amides is 1. The van der Waals surface area contributed by atoms with Crippen LogP contribution in [0.5, 0.6) is 17.4 Å². The van der Waals surface area contributed by atoms with E-state index in [9.17, 15) is 24.2 Å². The Bertz CT molecular complexity index is 1020. The summed E-state index contributed by atoms with van der Waals surface area (Å²) < 4.78 is 18.7. The van der Waals surface area contributed by atoms with Crippen molar-refractivity contribution in [2.75, 3.05) is 11.5 Å². The highest BCUT2D eigenvalue weighted by Crippen LogP contribution is 2.26. The van der Waals surface area contributed by atoms with Crippen molar-refractivity contribution in [3.05, 3.63) is 47.4 Å². The van der Waals surface area contributed by atoms with Crippen LogP contribution in [0.1, 0.15) is 73.1 Å². The van der Waals surface area contributed by atoms with Crippen LogP contribution in [0.15, 0.2) is 30.5 Å². The molecule has 190 valence electrons. The first-order valence-corrected chi connectivity index (χ1v) is 13.1. The minimum absolute atomic E-state index is 0.0458. The van der Waals surface area contributed by atoms with Gasteiger partial charge in [0.25, 0.3) is 5.91 Å². The van der Waals surface area contributed by atoms with Crippen molar-refractivity contribution in [3.8, 4) is 17.4 Å². The number of phenolic OH excluding ortho intramolecular Hbond substituents is 2. The van der Waals surface area contributed by atoms with Crippen LogP contribution in [-0.2, 0) is 0 Å². The molecule has 0 atom stereocenters. The van der Waals surface area contributed by atoms with Gasteiger partial charge >= 0.3 is 0 Å². The average Bonchev–Trinajstić information content (AvgIpc) is 2.82. The van der Waals surface area contributed by atoms with Crippen molar-refractivity contribution >= 4 is 23.5 Å². The summed E-state index contributed by atoms with van der Waals surface area (Å²) in [5, 5.41) is 21.7. The number of nitrogens with zero attached hydrogens (tertiary/aromatic N) is 1. The largest absolute Gasteiger partial charge is 0.508 e. The lowest BCUT2D eigenvalue weighted by Crippen LogP contribution is -2.37. The molecule has 2 fully saturated rings. The van der Waals surface area contributed by atoms with E-state index in [4.69, 9.17) is 4.74 Å². The first kappa shape index (κ1) is 26.8. The van der Waals surface area contributed by atoms with Crippen LogP contribution in [0.25, 0.3) is 0 Å². The molecule has 1 aromatic carbocycles. The Morgan fingerprint density at radius 3 is 2.37 bits per heavy atom. The third-order valence-electron chi connectivity index (χ3n) is 6.22. The van der Waals surface area contributed by atoms with E-state index < -0.39 is 5.82 Å². The lowest BCUT2D eigenvalue weighted by atomic mass is 9.87. The Morgan fingerprint density at radius 1 is 1.06 bits per heavy atom. The van der Waals surface area contributed by atoms with Gasteiger partial charge in [0.2, 0.25) is 5.88 Å². The first-order valence-electron chi connectivity index (χ1n) is 12.0. The zero-order valence-electron chi connectivity index (χ0n) is 20.1. The van der Waals surface area contributed by atoms with Crippen molar-refractivity contribution in [1.29, 1.82) is 0 Å². The molecule has 9 heteroatoms. The van der Waals surface area contributed by atoms with Gasteiger partial charge in [-0.15, -0.1) is 0 Å². The fourth-order valence-corrected chi connectivity index (χ4v) is 5.17. The smallest absolute Gasteiger partial charge is 0.255 e. The number of carbonyl (C=O) groups is 2. The Kier molecular flexibility index (Phi) is 9.77. The number of hydrogen-bond donors (Lipinski definition) is 3. The molecule has 2 aliphatic rings. The van der Waals surface area contributed by atoms with Crippen molar-refractivity contribution < 1.29 is 28.9 Å². The number of hydrogen-bond acceptors (Lipinski definition) is 7. The summed E-state index contributed by atoms with van der Waals surface area (Å²) in [6.45, 7) is 3.61. The number of ether oxygens (including phenoxy) is 1. The van der Waals surface area contributed by atoms with E-state index in [0.29, 0.717) is 0 Å². The van der Waals surface area contributed by atoms with Crippen LogP contribution in [0.3, 0.4) is 0 Å². The molecular weight excluding hydrogens is 471 g/mol. The molecule has 0 unspecified atom stereocenters. The molecule has 1 aromatic heterocycles. The number of ketones is 1. The summed E-state index contributed by atoms with van der Waals surface area (Å²) >= 11 is 1.89. The van der Waals surface area contributed by atoms with Crippen LogP contribution in [0.2, 0.25) is 0 Å². The fraction of sp³-hybridized carbons (Fsp3) is 0.500. The van der Waals surface area contributed by atoms with Crippen molar-refractivity contribution in [2.24, 2.45) is 5.92 Å². The lowest BCUT2D eigenvalue weighted by Gasteiger charge is -2.27. The van der Waals surface area contributed by atoms with Gasteiger partial charge < -0.3 is 20.3 Å². The van der Waals surface area contributed by atoms with Crippen LogP contribution in [0.4, 0.5) is 4.39 Å². The number of aromatic nitrogens is 1. The number of aromatic hydroxyl groups is 2. The second-order valence-corrected chi connectivity index (χ2v) is 10.3. The highest BCUT2D eigenvalue weighted by atomic mass is 32.2. The van der Waals surface area contributed by atoms with E-state index in [1.807, 2.05) is 11.8 Å². The van der Waals surface area contributed by atoms with Gasteiger partial charge in [0.15, 0.2) is 5.78 Å². The summed E-state index contributed by atoms with van der Waals surface area (Å²) in [6.07, 6.45) is 7.31. The Hall–Kier alpha value is -2.81. The summed E-state index contributed by atoms with van der Waals surface area (Å²) in [5.74, 6) is 1.87. The summed E-state index contributed by atoms with van der Waals surface area (Å²) in [5.41, 5.74) is 0.439. The molecule has 1 saturated heterocycles. The number of carbonyl (C=O) groups excluding carboxylic acids is 2. The van der Waals surface area contributed by atoms with Crippen LogP contribution in [-0.4, -0.2) is 50.5 Å². The number of nitrogens with one attached hydrogen (secondary N) is 1. The molecular formula is C26H33FN2O5S. The van der Waals surface area contributed by atoms with Gasteiger partial charge in [-0.1, -0.05) is 6.92 Å². The number of phenols is 2. The monoisotopic (exact) mass is 504 g/mol. The first-order chi connectivity index (χ1) is 16.7. The number of benzene rings is 1. The lowest BCUT2D eigenvalue weighted by molar-refractivity contribution is 0.0919. The SMILES string of the molecule is CC(=O)c1cc(F)cnc1OC1CCSCC1.CC1CCC(NC(=O)c2ccc(O)cc2O)CC1. The summed E-state index contributed by atoms with van der Waals surface area (Å²) in [4.78, 5) is 27.2. The number of rotatable bonds is 5. The van der Waals surface area contributed by atoms with Crippen molar-refractivity contribution in [3.63, 3.8) is 0 Å². The fourth-order valence-electron chi connectivity index (χ4n) is 4.10. The predicted molar refractivity (Wildman–Crippen MR) is 134 cm³/mol. The maximum Gasteiger partial charge on any atom is 0.255 e. The molecule has 1 aliphatic heterocycles. The molecule has 2 heterocycles. The van der Waals surface area contributed by atoms with Gasteiger partial charge in [-0.25, -0.2) is 9.37 Å². The van der Waals surface area contributed by atoms with Crippen LogP contribution < -0.4 is 10.1 Å². The third kappa shape index (κ3) is 8.13. The second-order valence-electron chi connectivity index (χ2n) is 9.12. The topological polar surface area (TPSA) is 109 Å². The highest BCUT2D eigenvalue weighted by molar-refractivity contribution is 7.99. The standard InChI is InChI=1S/C14H19NO3.C12H14FNO2S/c1-9-2-4-10(5-3-9)15-14(18)12-7-6-11(16)8-13(12)17;1-8(15)11-6-9(13)7-14-12(11)16-10-2-4-17-5-3-10/h6-10,16-17H,2-5H2,1H3,(H,15,18);6-7,10H,2-5H2,1H3. The highest BCUT2D eigenvalue weighted by Gasteiger charge is 2.22. The number of pyridine rings is 1. The minimum atomic E-state index is -0.512. The normalized spacial score (nSPS) is 20.3. The number of thioether (sulfide) groups is 1. The van der Waals surface area contributed by atoms with Gasteiger partial charge in [0, 0.05) is 12.1 Å². The van der Waals surface area contributed by atoms with Gasteiger partial charge in [-0.05, 0) is 81.1 Å². The quantitative estimate of drug-likeness (QED) is 0.486. The molecule has 0 bridgehead atoms. The molecule has 3 N–H and O–H groups in total. The zero-order chi connectivity index (χ0) is 25.4. The maximum atomic E-state index is 13.0. The van der Waals surface area contributed by atoms with E-state index in [-0.39, 0.29) is 52.3 Å². The summed E-state index contributed by atoms with van der Waals surface area (Å²) in [6, 6.07) is 5.39. The molecule has 2 aromatic rings. The molecule has 1 amide bonds. The second kappa shape index (κ2) is 12.8.